The van der Waals surface area contributed by atoms with Crippen molar-refractivity contribution in [1.29, 1.82) is 0 Å². The Kier molecular flexibility index (Phi) is 3.14. The van der Waals surface area contributed by atoms with E-state index >= 15 is 0 Å². The molecule has 0 atom stereocenters. The van der Waals surface area contributed by atoms with E-state index in [1.807, 2.05) is 20.8 Å². The van der Waals surface area contributed by atoms with Gasteiger partial charge in [0.05, 0.1) is 12.3 Å². The van der Waals surface area contributed by atoms with Crippen molar-refractivity contribution in [3.05, 3.63) is 17.0 Å². The molecule has 4 N–H and O–H groups in total. The molecule has 0 aliphatic rings. The SMILES string of the molecule is CCOc1c(C)[nH]c(C(=O)NN)c1C. The Labute approximate surface area is 82.6 Å². The summed E-state index contributed by atoms with van der Waals surface area (Å²) in [4.78, 5) is 14.2. The van der Waals surface area contributed by atoms with Gasteiger partial charge >= 0.3 is 0 Å². The van der Waals surface area contributed by atoms with Gasteiger partial charge in [-0.25, -0.2) is 5.84 Å². The fraction of sp³-hybridized carbons (Fsp3) is 0.444. The summed E-state index contributed by atoms with van der Waals surface area (Å²) >= 11 is 0. The number of nitrogens with two attached hydrogens (primary N) is 1. The van der Waals surface area contributed by atoms with Crippen LogP contribution in [0.15, 0.2) is 0 Å². The third-order valence-corrected chi connectivity index (χ3v) is 2.02. The van der Waals surface area contributed by atoms with Gasteiger partial charge in [-0.1, -0.05) is 0 Å². The van der Waals surface area contributed by atoms with Crippen molar-refractivity contribution < 1.29 is 9.53 Å². The topological polar surface area (TPSA) is 80.1 Å². The van der Waals surface area contributed by atoms with E-state index in [0.29, 0.717) is 12.3 Å². The lowest BCUT2D eigenvalue weighted by molar-refractivity contribution is 0.0948. The molecule has 1 heterocycles. The number of aryl methyl sites for hydroxylation is 1. The van der Waals surface area contributed by atoms with Crippen LogP contribution in [0.25, 0.3) is 0 Å². The maximum atomic E-state index is 11.3. The zero-order valence-electron chi connectivity index (χ0n) is 8.60. The minimum atomic E-state index is -0.337. The third kappa shape index (κ3) is 1.72. The highest BCUT2D eigenvalue weighted by Crippen LogP contribution is 2.25. The fourth-order valence-corrected chi connectivity index (χ4v) is 1.39. The Hall–Kier alpha value is -1.49. The minimum Gasteiger partial charge on any atom is -0.492 e. The van der Waals surface area contributed by atoms with Crippen molar-refractivity contribution in [2.45, 2.75) is 20.8 Å². The van der Waals surface area contributed by atoms with Gasteiger partial charge in [0.1, 0.15) is 11.4 Å². The number of nitrogen functional groups attached to an aromatic ring is 1. The predicted octanol–water partition coefficient (Wildman–Crippen LogP) is 0.634. The smallest absolute Gasteiger partial charge is 0.281 e. The summed E-state index contributed by atoms with van der Waals surface area (Å²) < 4.78 is 5.39. The van der Waals surface area contributed by atoms with Crippen LogP contribution in [0, 0.1) is 13.8 Å². The van der Waals surface area contributed by atoms with Gasteiger partial charge in [0.15, 0.2) is 0 Å². The Morgan fingerprint density at radius 3 is 2.71 bits per heavy atom. The first-order chi connectivity index (χ1) is 6.61. The van der Waals surface area contributed by atoms with Gasteiger partial charge in [0.25, 0.3) is 5.91 Å². The molecular weight excluding hydrogens is 182 g/mol. The summed E-state index contributed by atoms with van der Waals surface area (Å²) in [6.45, 7) is 6.14. The lowest BCUT2D eigenvalue weighted by Crippen LogP contribution is -2.30. The highest BCUT2D eigenvalue weighted by molar-refractivity contribution is 5.94. The van der Waals surface area contributed by atoms with E-state index in [2.05, 4.69) is 10.4 Å². The number of aromatic nitrogens is 1. The summed E-state index contributed by atoms with van der Waals surface area (Å²) in [5.74, 6) is 5.44. The van der Waals surface area contributed by atoms with Crippen molar-refractivity contribution in [1.82, 2.24) is 10.4 Å². The van der Waals surface area contributed by atoms with Crippen molar-refractivity contribution >= 4 is 5.91 Å². The standard InChI is InChI=1S/C9H15N3O2/c1-4-14-8-5(2)7(9(13)12-10)11-6(8)3/h11H,4,10H2,1-3H3,(H,12,13). The third-order valence-electron chi connectivity index (χ3n) is 2.02. The number of aromatic amines is 1. The van der Waals surface area contributed by atoms with E-state index in [4.69, 9.17) is 10.6 Å². The Morgan fingerprint density at radius 2 is 2.21 bits per heavy atom. The monoisotopic (exact) mass is 197 g/mol. The molecule has 0 unspecified atom stereocenters. The molecule has 1 aromatic heterocycles. The van der Waals surface area contributed by atoms with Gasteiger partial charge in [-0.2, -0.15) is 0 Å². The molecule has 1 rings (SSSR count). The van der Waals surface area contributed by atoms with E-state index in [1.54, 1.807) is 0 Å². The van der Waals surface area contributed by atoms with Crippen LogP contribution in [0.4, 0.5) is 0 Å². The maximum Gasteiger partial charge on any atom is 0.281 e. The maximum absolute atomic E-state index is 11.3. The normalized spacial score (nSPS) is 10.0. The van der Waals surface area contributed by atoms with E-state index in [9.17, 15) is 4.79 Å². The lowest BCUT2D eigenvalue weighted by atomic mass is 10.2. The first-order valence-corrected chi connectivity index (χ1v) is 4.44. The fourth-order valence-electron chi connectivity index (χ4n) is 1.39. The van der Waals surface area contributed by atoms with Crippen LogP contribution in [0.3, 0.4) is 0 Å². The molecule has 0 saturated heterocycles. The van der Waals surface area contributed by atoms with Gasteiger partial charge in [0, 0.05) is 5.56 Å². The molecule has 0 aromatic carbocycles. The molecule has 1 amide bonds. The van der Waals surface area contributed by atoms with Crippen molar-refractivity contribution in [2.24, 2.45) is 5.84 Å². The zero-order chi connectivity index (χ0) is 10.7. The molecule has 1 aromatic rings. The molecule has 0 spiro atoms. The molecule has 0 aliphatic carbocycles. The van der Waals surface area contributed by atoms with Crippen LogP contribution in [-0.4, -0.2) is 17.5 Å². The summed E-state index contributed by atoms with van der Waals surface area (Å²) in [7, 11) is 0. The Morgan fingerprint density at radius 1 is 1.57 bits per heavy atom. The van der Waals surface area contributed by atoms with Gasteiger partial charge in [0.2, 0.25) is 0 Å². The number of ether oxygens (including phenoxy) is 1. The van der Waals surface area contributed by atoms with Gasteiger partial charge in [-0.05, 0) is 20.8 Å². The molecule has 0 radical (unpaired) electrons. The molecule has 0 bridgehead atoms. The number of hydrogen-bond donors (Lipinski definition) is 3. The molecule has 0 fully saturated rings. The molecular formula is C9H15N3O2. The molecule has 5 heteroatoms. The summed E-state index contributed by atoms with van der Waals surface area (Å²) in [5, 5.41) is 0. The number of hydrazine groups is 1. The largest absolute Gasteiger partial charge is 0.492 e. The number of carbonyl (C=O) groups excluding carboxylic acids is 1. The van der Waals surface area contributed by atoms with E-state index in [0.717, 1.165) is 17.0 Å². The average Bonchev–Trinajstić information content (AvgIpc) is 2.45. The van der Waals surface area contributed by atoms with Crippen LogP contribution in [0.2, 0.25) is 0 Å². The Balaban J connectivity index is 3.10. The summed E-state index contributed by atoms with van der Waals surface area (Å²) in [5.41, 5.74) is 4.15. The van der Waals surface area contributed by atoms with Crippen molar-refractivity contribution in [3.8, 4) is 5.75 Å². The van der Waals surface area contributed by atoms with Crippen LogP contribution in [0.1, 0.15) is 28.7 Å². The van der Waals surface area contributed by atoms with Gasteiger partial charge in [-0.15, -0.1) is 0 Å². The number of nitrogens with one attached hydrogen (secondary N) is 2. The first kappa shape index (κ1) is 10.6. The number of H-pyrrole nitrogens is 1. The number of rotatable bonds is 3. The number of amides is 1. The molecule has 0 aliphatic heterocycles. The van der Waals surface area contributed by atoms with E-state index in [1.165, 1.54) is 0 Å². The summed E-state index contributed by atoms with van der Waals surface area (Å²) in [6, 6.07) is 0. The van der Waals surface area contributed by atoms with E-state index < -0.39 is 0 Å². The molecule has 0 saturated carbocycles. The van der Waals surface area contributed by atoms with Gasteiger partial charge < -0.3 is 9.72 Å². The van der Waals surface area contributed by atoms with Crippen molar-refractivity contribution in [2.75, 3.05) is 6.61 Å². The number of carbonyl (C=O) groups is 1. The van der Waals surface area contributed by atoms with Crippen molar-refractivity contribution in [3.63, 3.8) is 0 Å². The quantitative estimate of drug-likeness (QED) is 0.378. The first-order valence-electron chi connectivity index (χ1n) is 4.44. The second kappa shape index (κ2) is 4.15. The van der Waals surface area contributed by atoms with Crippen LogP contribution >= 0.6 is 0 Å². The average molecular weight is 197 g/mol. The van der Waals surface area contributed by atoms with Gasteiger partial charge in [-0.3, -0.25) is 10.2 Å². The van der Waals surface area contributed by atoms with E-state index in [-0.39, 0.29) is 5.91 Å². The van der Waals surface area contributed by atoms with Crippen LogP contribution in [-0.2, 0) is 0 Å². The van der Waals surface area contributed by atoms with Crippen LogP contribution in [0.5, 0.6) is 5.75 Å². The highest BCUT2D eigenvalue weighted by Gasteiger charge is 2.16. The Bertz CT molecular complexity index is 344. The molecule has 78 valence electrons. The minimum absolute atomic E-state index is 0.337. The van der Waals surface area contributed by atoms with Crippen LogP contribution < -0.4 is 16.0 Å². The second-order valence-electron chi connectivity index (χ2n) is 2.99. The molecule has 14 heavy (non-hydrogen) atoms. The lowest BCUT2D eigenvalue weighted by Gasteiger charge is -2.02. The zero-order valence-corrected chi connectivity index (χ0v) is 8.60. The predicted molar refractivity (Wildman–Crippen MR) is 53.1 cm³/mol. The number of hydrogen-bond acceptors (Lipinski definition) is 3. The summed E-state index contributed by atoms with van der Waals surface area (Å²) in [6.07, 6.45) is 0. The second-order valence-corrected chi connectivity index (χ2v) is 2.99. The molecule has 5 nitrogen and oxygen atoms in total. The highest BCUT2D eigenvalue weighted by atomic mass is 16.5.